The van der Waals surface area contributed by atoms with Gasteiger partial charge in [0.1, 0.15) is 5.82 Å². The molecule has 0 spiro atoms. The van der Waals surface area contributed by atoms with E-state index in [0.717, 1.165) is 43.2 Å². The quantitative estimate of drug-likeness (QED) is 0.769. The first kappa shape index (κ1) is 15.3. The predicted octanol–water partition coefficient (Wildman–Crippen LogP) is 4.12. The van der Waals surface area contributed by atoms with Crippen LogP contribution in [0.1, 0.15) is 51.6 Å². The van der Waals surface area contributed by atoms with Crippen LogP contribution in [-0.4, -0.2) is 19.6 Å². The van der Waals surface area contributed by atoms with Crippen molar-refractivity contribution >= 4 is 5.69 Å². The Kier molecular flexibility index (Phi) is 5.41. The van der Waals surface area contributed by atoms with Gasteiger partial charge in [-0.3, -0.25) is 0 Å². The summed E-state index contributed by atoms with van der Waals surface area (Å²) in [6.07, 6.45) is 3.75. The zero-order valence-electron chi connectivity index (χ0n) is 13.0. The van der Waals surface area contributed by atoms with Crippen molar-refractivity contribution < 1.29 is 4.39 Å². The van der Waals surface area contributed by atoms with Gasteiger partial charge < -0.3 is 10.2 Å². The molecule has 1 aliphatic rings. The lowest BCUT2D eigenvalue weighted by molar-refractivity contribution is 0.537. The van der Waals surface area contributed by atoms with Gasteiger partial charge in [0.05, 0.1) is 0 Å². The summed E-state index contributed by atoms with van der Waals surface area (Å²) < 4.78 is 14.3. The zero-order valence-corrected chi connectivity index (χ0v) is 13.0. The van der Waals surface area contributed by atoms with E-state index in [4.69, 9.17) is 0 Å². The van der Waals surface area contributed by atoms with E-state index in [1.807, 2.05) is 13.0 Å². The first-order valence-electron chi connectivity index (χ1n) is 7.94. The third-order valence-electron chi connectivity index (χ3n) is 3.98. The second kappa shape index (κ2) is 7.07. The third kappa shape index (κ3) is 3.72. The Morgan fingerprint density at radius 2 is 2.10 bits per heavy atom. The summed E-state index contributed by atoms with van der Waals surface area (Å²) in [7, 11) is 0. The number of nitrogens with one attached hydrogen (secondary N) is 1. The first-order valence-corrected chi connectivity index (χ1v) is 7.94. The van der Waals surface area contributed by atoms with Crippen LogP contribution in [0.4, 0.5) is 10.1 Å². The van der Waals surface area contributed by atoms with Gasteiger partial charge in [0, 0.05) is 30.4 Å². The maximum Gasteiger partial charge on any atom is 0.130 e. The van der Waals surface area contributed by atoms with Crippen LogP contribution < -0.4 is 10.2 Å². The molecule has 2 rings (SSSR count). The standard InChI is InChI=1S/C17H27FN2/c1-4-11-20(12-14-9-10-14)16-8-6-7-15(18)17(16)13(3)19-5-2/h6-8,13-14,19H,4-5,9-12H2,1-3H3. The fourth-order valence-corrected chi connectivity index (χ4v) is 2.83. The summed E-state index contributed by atoms with van der Waals surface area (Å²) in [6.45, 7) is 9.23. The number of nitrogens with zero attached hydrogens (tertiary/aromatic N) is 1. The van der Waals surface area contributed by atoms with E-state index in [2.05, 4.69) is 30.1 Å². The molecule has 1 unspecified atom stereocenters. The molecular formula is C17H27FN2. The number of rotatable bonds is 8. The minimum atomic E-state index is -0.0900. The zero-order chi connectivity index (χ0) is 14.5. The molecule has 1 aromatic carbocycles. The van der Waals surface area contributed by atoms with Crippen molar-refractivity contribution in [3.63, 3.8) is 0 Å². The molecule has 1 atom stereocenters. The Hall–Kier alpha value is -1.09. The second-order valence-electron chi connectivity index (χ2n) is 5.84. The summed E-state index contributed by atoms with van der Waals surface area (Å²) in [5.74, 6) is 0.722. The lowest BCUT2D eigenvalue weighted by Crippen LogP contribution is -2.30. The van der Waals surface area contributed by atoms with Crippen molar-refractivity contribution in [3.05, 3.63) is 29.6 Å². The molecule has 0 aromatic heterocycles. The molecule has 2 nitrogen and oxygen atoms in total. The molecule has 1 aliphatic carbocycles. The number of anilines is 1. The van der Waals surface area contributed by atoms with Crippen LogP contribution in [0.2, 0.25) is 0 Å². The molecule has 1 fully saturated rings. The average molecular weight is 278 g/mol. The van der Waals surface area contributed by atoms with E-state index in [1.165, 1.54) is 12.8 Å². The molecule has 0 radical (unpaired) electrons. The highest BCUT2D eigenvalue weighted by Crippen LogP contribution is 2.34. The molecule has 20 heavy (non-hydrogen) atoms. The fourth-order valence-electron chi connectivity index (χ4n) is 2.83. The molecule has 0 amide bonds. The van der Waals surface area contributed by atoms with Crippen LogP contribution in [0.15, 0.2) is 18.2 Å². The highest BCUT2D eigenvalue weighted by Gasteiger charge is 2.26. The molecule has 112 valence electrons. The van der Waals surface area contributed by atoms with E-state index < -0.39 is 0 Å². The lowest BCUT2D eigenvalue weighted by atomic mass is 10.0. The Morgan fingerprint density at radius 3 is 2.70 bits per heavy atom. The van der Waals surface area contributed by atoms with Gasteiger partial charge in [-0.2, -0.15) is 0 Å². The van der Waals surface area contributed by atoms with E-state index in [-0.39, 0.29) is 11.9 Å². The van der Waals surface area contributed by atoms with E-state index in [9.17, 15) is 4.39 Å². The minimum absolute atomic E-state index is 0.0507. The number of hydrogen-bond donors (Lipinski definition) is 1. The van der Waals surface area contributed by atoms with Gasteiger partial charge in [0.25, 0.3) is 0 Å². The van der Waals surface area contributed by atoms with E-state index >= 15 is 0 Å². The van der Waals surface area contributed by atoms with Crippen LogP contribution in [-0.2, 0) is 0 Å². The lowest BCUT2D eigenvalue weighted by Gasteiger charge is -2.29. The average Bonchev–Trinajstić information content (AvgIpc) is 3.22. The molecular weight excluding hydrogens is 251 g/mol. The van der Waals surface area contributed by atoms with Gasteiger partial charge in [0.15, 0.2) is 0 Å². The number of hydrogen-bond acceptors (Lipinski definition) is 2. The smallest absolute Gasteiger partial charge is 0.130 e. The molecule has 1 N–H and O–H groups in total. The summed E-state index contributed by atoms with van der Waals surface area (Å²) in [5, 5.41) is 3.34. The van der Waals surface area contributed by atoms with E-state index in [0.29, 0.717) is 0 Å². The van der Waals surface area contributed by atoms with Gasteiger partial charge >= 0.3 is 0 Å². The van der Waals surface area contributed by atoms with Crippen LogP contribution >= 0.6 is 0 Å². The van der Waals surface area contributed by atoms with Crippen molar-refractivity contribution in [2.24, 2.45) is 5.92 Å². The Balaban J connectivity index is 2.28. The number of halogens is 1. The molecule has 3 heteroatoms. The summed E-state index contributed by atoms with van der Waals surface area (Å²) in [4.78, 5) is 2.38. The van der Waals surface area contributed by atoms with Crippen LogP contribution in [0.3, 0.4) is 0 Å². The van der Waals surface area contributed by atoms with Gasteiger partial charge in [-0.1, -0.05) is 19.9 Å². The SMILES string of the molecule is CCCN(CC1CC1)c1cccc(F)c1C(C)NCC. The third-order valence-corrected chi connectivity index (χ3v) is 3.98. The summed E-state index contributed by atoms with van der Waals surface area (Å²) >= 11 is 0. The van der Waals surface area contributed by atoms with Crippen LogP contribution in [0.25, 0.3) is 0 Å². The summed E-state index contributed by atoms with van der Waals surface area (Å²) in [6, 6.07) is 5.54. The largest absolute Gasteiger partial charge is 0.371 e. The van der Waals surface area contributed by atoms with Crippen molar-refractivity contribution in [1.82, 2.24) is 5.32 Å². The maximum absolute atomic E-state index is 14.3. The van der Waals surface area contributed by atoms with E-state index in [1.54, 1.807) is 6.07 Å². The topological polar surface area (TPSA) is 15.3 Å². The Labute approximate surface area is 122 Å². The molecule has 0 aliphatic heterocycles. The van der Waals surface area contributed by atoms with Crippen molar-refractivity contribution in [1.29, 1.82) is 0 Å². The van der Waals surface area contributed by atoms with Crippen molar-refractivity contribution in [2.75, 3.05) is 24.5 Å². The highest BCUT2D eigenvalue weighted by atomic mass is 19.1. The first-order chi connectivity index (χ1) is 9.67. The molecule has 1 saturated carbocycles. The van der Waals surface area contributed by atoms with Gasteiger partial charge in [0.2, 0.25) is 0 Å². The van der Waals surface area contributed by atoms with Crippen molar-refractivity contribution in [2.45, 2.75) is 46.1 Å². The van der Waals surface area contributed by atoms with Crippen LogP contribution in [0.5, 0.6) is 0 Å². The second-order valence-corrected chi connectivity index (χ2v) is 5.84. The molecule has 1 aromatic rings. The fraction of sp³-hybridized carbons (Fsp3) is 0.647. The Bertz CT molecular complexity index is 429. The normalized spacial score (nSPS) is 16.2. The van der Waals surface area contributed by atoms with Gasteiger partial charge in [-0.25, -0.2) is 4.39 Å². The molecule has 0 saturated heterocycles. The number of benzene rings is 1. The van der Waals surface area contributed by atoms with Crippen LogP contribution in [0, 0.1) is 11.7 Å². The molecule has 0 bridgehead atoms. The summed E-state index contributed by atoms with van der Waals surface area (Å²) in [5.41, 5.74) is 1.90. The monoisotopic (exact) mass is 278 g/mol. The maximum atomic E-state index is 14.3. The predicted molar refractivity (Wildman–Crippen MR) is 83.7 cm³/mol. The Morgan fingerprint density at radius 1 is 1.35 bits per heavy atom. The van der Waals surface area contributed by atoms with Gasteiger partial charge in [-0.15, -0.1) is 0 Å². The molecule has 0 heterocycles. The van der Waals surface area contributed by atoms with Crippen molar-refractivity contribution in [3.8, 4) is 0 Å². The van der Waals surface area contributed by atoms with Gasteiger partial charge in [-0.05, 0) is 50.8 Å². The highest BCUT2D eigenvalue weighted by molar-refractivity contribution is 5.55. The minimum Gasteiger partial charge on any atom is -0.371 e.